The predicted molar refractivity (Wildman–Crippen MR) is 65.7 cm³/mol. The van der Waals surface area contributed by atoms with Crippen molar-refractivity contribution in [3.8, 4) is 0 Å². The number of rotatable bonds is 0. The first kappa shape index (κ1) is 10.7. The van der Waals surface area contributed by atoms with E-state index in [1.165, 1.54) is 25.7 Å². The van der Waals surface area contributed by atoms with Gasteiger partial charge in [-0.3, -0.25) is 0 Å². The number of allylic oxidation sites excluding steroid dienone is 2. The highest BCUT2D eigenvalue weighted by Gasteiger charge is 2.42. The minimum absolute atomic E-state index is 0.516. The van der Waals surface area contributed by atoms with E-state index in [1.807, 2.05) is 0 Å². The van der Waals surface area contributed by atoms with Gasteiger partial charge in [-0.2, -0.15) is 0 Å². The van der Waals surface area contributed by atoms with E-state index in [0.29, 0.717) is 5.41 Å². The smallest absolute Gasteiger partial charge is 0.0183 e. The maximum Gasteiger partial charge on any atom is 0.0183 e. The van der Waals surface area contributed by atoms with Crippen LogP contribution in [-0.2, 0) is 0 Å². The minimum atomic E-state index is 0.516. The molecule has 1 unspecified atom stereocenters. The van der Waals surface area contributed by atoms with Crippen molar-refractivity contribution < 1.29 is 0 Å². The Morgan fingerprint density at radius 2 is 2.14 bits per heavy atom. The van der Waals surface area contributed by atoms with Gasteiger partial charge in [0, 0.05) is 4.83 Å². The largest absolute Gasteiger partial charge is 0.0887 e. The van der Waals surface area contributed by atoms with Crippen molar-refractivity contribution in [2.24, 2.45) is 17.3 Å². The van der Waals surface area contributed by atoms with Gasteiger partial charge in [-0.25, -0.2) is 0 Å². The normalized spacial score (nSPS) is 48.3. The Bertz CT molecular complexity index is 256. The summed E-state index contributed by atoms with van der Waals surface area (Å²) < 4.78 is 0. The lowest BCUT2D eigenvalue weighted by molar-refractivity contribution is 0.135. The molecular weight excluding hydrogens is 236 g/mol. The van der Waals surface area contributed by atoms with Gasteiger partial charge in [-0.15, -0.1) is 0 Å². The average molecular weight is 257 g/mol. The molecule has 0 N–H and O–H groups in total. The van der Waals surface area contributed by atoms with Crippen LogP contribution in [0.4, 0.5) is 0 Å². The van der Waals surface area contributed by atoms with Gasteiger partial charge in [0.25, 0.3) is 0 Å². The van der Waals surface area contributed by atoms with Crippen molar-refractivity contribution in [2.45, 2.75) is 51.3 Å². The lowest BCUT2D eigenvalue weighted by atomic mass is 9.58. The molecule has 80 valence electrons. The van der Waals surface area contributed by atoms with Crippen LogP contribution in [0, 0.1) is 17.3 Å². The molecule has 0 amide bonds. The molecule has 1 heteroatoms. The summed E-state index contributed by atoms with van der Waals surface area (Å²) in [5, 5.41) is 0. The predicted octanol–water partition coefficient (Wildman–Crippen LogP) is 4.54. The maximum atomic E-state index is 3.77. The van der Waals surface area contributed by atoms with Gasteiger partial charge in [-0.05, 0) is 42.9 Å². The van der Waals surface area contributed by atoms with E-state index in [4.69, 9.17) is 0 Å². The second kappa shape index (κ2) is 3.66. The summed E-state index contributed by atoms with van der Waals surface area (Å²) in [5.41, 5.74) is 2.25. The van der Waals surface area contributed by atoms with Gasteiger partial charge < -0.3 is 0 Å². The monoisotopic (exact) mass is 256 g/mol. The molecular formula is C13H21Br. The van der Waals surface area contributed by atoms with Crippen molar-refractivity contribution in [1.29, 1.82) is 0 Å². The van der Waals surface area contributed by atoms with Gasteiger partial charge in [-0.1, -0.05) is 48.4 Å². The molecule has 0 bridgehead atoms. The lowest BCUT2D eigenvalue weighted by Crippen LogP contribution is -2.39. The van der Waals surface area contributed by atoms with Crippen LogP contribution in [0.15, 0.2) is 11.6 Å². The van der Waals surface area contributed by atoms with Crippen LogP contribution in [0.5, 0.6) is 0 Å². The first-order valence-electron chi connectivity index (χ1n) is 5.87. The molecule has 0 aromatic heterocycles. The van der Waals surface area contributed by atoms with E-state index in [-0.39, 0.29) is 0 Å². The summed E-state index contributed by atoms with van der Waals surface area (Å²) >= 11 is 3.77. The fourth-order valence-corrected chi connectivity index (χ4v) is 3.77. The third-order valence-electron chi connectivity index (χ3n) is 4.75. The Kier molecular flexibility index (Phi) is 2.81. The molecule has 2 rings (SSSR count). The zero-order valence-corrected chi connectivity index (χ0v) is 11.1. The first-order valence-corrected chi connectivity index (χ1v) is 6.79. The Labute approximate surface area is 96.3 Å². The highest BCUT2D eigenvalue weighted by Crippen LogP contribution is 2.53. The van der Waals surface area contributed by atoms with Crippen molar-refractivity contribution in [2.75, 3.05) is 0 Å². The Balaban J connectivity index is 2.28. The van der Waals surface area contributed by atoms with Gasteiger partial charge in [0.2, 0.25) is 0 Å². The van der Waals surface area contributed by atoms with Crippen molar-refractivity contribution in [3.63, 3.8) is 0 Å². The van der Waals surface area contributed by atoms with Crippen molar-refractivity contribution in [3.05, 3.63) is 11.6 Å². The van der Waals surface area contributed by atoms with Crippen LogP contribution in [-0.4, -0.2) is 4.83 Å². The Morgan fingerprint density at radius 3 is 2.86 bits per heavy atom. The summed E-state index contributed by atoms with van der Waals surface area (Å²) in [6, 6.07) is 0. The second-order valence-corrected chi connectivity index (χ2v) is 6.78. The highest BCUT2D eigenvalue weighted by atomic mass is 79.9. The molecule has 14 heavy (non-hydrogen) atoms. The standard InChI is InChI=1S/C13H21Br/c1-9-4-5-11-8-12(14)6-7-13(11,3)10(9)2/h5,9-10,12H,4,6-8H2,1-3H3/t9-,10?,12-,13+/m0/s1. The molecule has 0 saturated heterocycles. The molecule has 2 aliphatic rings. The molecule has 1 fully saturated rings. The summed E-state index contributed by atoms with van der Waals surface area (Å²) in [5.74, 6) is 1.73. The second-order valence-electron chi connectivity index (χ2n) is 5.49. The third kappa shape index (κ3) is 1.58. The minimum Gasteiger partial charge on any atom is -0.0887 e. The van der Waals surface area contributed by atoms with E-state index in [0.717, 1.165) is 16.7 Å². The number of halogens is 1. The fourth-order valence-electron chi connectivity index (χ4n) is 3.19. The van der Waals surface area contributed by atoms with E-state index in [1.54, 1.807) is 5.57 Å². The van der Waals surface area contributed by atoms with Crippen LogP contribution in [0.2, 0.25) is 0 Å². The Hall–Kier alpha value is 0.220. The average Bonchev–Trinajstić information content (AvgIpc) is 2.16. The zero-order valence-electron chi connectivity index (χ0n) is 9.52. The Morgan fingerprint density at radius 1 is 1.43 bits per heavy atom. The highest BCUT2D eigenvalue weighted by molar-refractivity contribution is 9.09. The molecule has 0 aromatic rings. The van der Waals surface area contributed by atoms with Crippen molar-refractivity contribution in [1.82, 2.24) is 0 Å². The number of alkyl halides is 1. The van der Waals surface area contributed by atoms with Crippen molar-refractivity contribution >= 4 is 15.9 Å². The van der Waals surface area contributed by atoms with E-state index in [2.05, 4.69) is 42.8 Å². The molecule has 0 aromatic carbocycles. The van der Waals surface area contributed by atoms with Crippen LogP contribution < -0.4 is 0 Å². The lowest BCUT2D eigenvalue weighted by Gasteiger charge is -2.48. The van der Waals surface area contributed by atoms with Crippen LogP contribution in [0.3, 0.4) is 0 Å². The summed E-state index contributed by atoms with van der Waals surface area (Å²) in [6.07, 6.45) is 7.84. The maximum absolute atomic E-state index is 3.77. The van der Waals surface area contributed by atoms with Crippen LogP contribution in [0.1, 0.15) is 46.5 Å². The zero-order chi connectivity index (χ0) is 10.3. The summed E-state index contributed by atoms with van der Waals surface area (Å²) in [4.78, 5) is 0.738. The topological polar surface area (TPSA) is 0 Å². The van der Waals surface area contributed by atoms with Crippen LogP contribution >= 0.6 is 15.9 Å². The summed E-state index contributed by atoms with van der Waals surface area (Å²) in [7, 11) is 0. The quantitative estimate of drug-likeness (QED) is 0.441. The SMILES string of the molecule is CC1[C@@H](C)CC=C2C[C@@H](Br)CC[C@@]21C. The number of hydrogen-bond acceptors (Lipinski definition) is 0. The van der Waals surface area contributed by atoms with E-state index in [9.17, 15) is 0 Å². The van der Waals surface area contributed by atoms with E-state index >= 15 is 0 Å². The fraction of sp³-hybridized carbons (Fsp3) is 0.846. The first-order chi connectivity index (χ1) is 6.54. The van der Waals surface area contributed by atoms with Crippen LogP contribution in [0.25, 0.3) is 0 Å². The molecule has 0 radical (unpaired) electrons. The van der Waals surface area contributed by atoms with Gasteiger partial charge in [0.1, 0.15) is 0 Å². The molecule has 0 spiro atoms. The number of hydrogen-bond donors (Lipinski definition) is 0. The molecule has 0 nitrogen and oxygen atoms in total. The summed E-state index contributed by atoms with van der Waals surface area (Å²) in [6.45, 7) is 7.34. The molecule has 1 saturated carbocycles. The van der Waals surface area contributed by atoms with E-state index < -0.39 is 0 Å². The molecule has 0 aliphatic heterocycles. The molecule has 2 aliphatic carbocycles. The number of fused-ring (bicyclic) bond motifs is 1. The molecule has 4 atom stereocenters. The van der Waals surface area contributed by atoms with Gasteiger partial charge in [0.15, 0.2) is 0 Å². The third-order valence-corrected chi connectivity index (χ3v) is 5.53. The molecule has 0 heterocycles. The van der Waals surface area contributed by atoms with Gasteiger partial charge in [0.05, 0.1) is 0 Å². The van der Waals surface area contributed by atoms with Gasteiger partial charge >= 0.3 is 0 Å².